The van der Waals surface area contributed by atoms with Crippen molar-refractivity contribution in [2.45, 2.75) is 0 Å². The van der Waals surface area contributed by atoms with Crippen molar-refractivity contribution < 1.29 is 17.2 Å². The highest BCUT2D eigenvalue weighted by Crippen LogP contribution is 2.03. The lowest BCUT2D eigenvalue weighted by molar-refractivity contribution is 0.324. The van der Waals surface area contributed by atoms with Crippen LogP contribution in [0.2, 0.25) is 5.02 Å². The van der Waals surface area contributed by atoms with Crippen molar-refractivity contribution in [3.63, 3.8) is 0 Å². The average molecular weight is 305 g/mol. The maximum atomic E-state index is 9.33. The van der Waals surface area contributed by atoms with E-state index in [2.05, 4.69) is 14.4 Å². The summed E-state index contributed by atoms with van der Waals surface area (Å²) in [6.45, 7) is 0. The highest BCUT2D eigenvalue weighted by atomic mass is 35.5. The standard InChI is InChI=1S/C6H5Cl.C4H4N2.CH4O4S/c7-6-4-2-1-3-5-6;1-2-4-6-5-3-1;1-5-6(2,3)4/h1-5H;1-4H;1H3,(H,2,3,4). The van der Waals surface area contributed by atoms with E-state index in [1.54, 1.807) is 12.4 Å². The molecule has 0 aliphatic rings. The Morgan fingerprint density at radius 2 is 1.47 bits per heavy atom. The fraction of sp³-hybridized carbons (Fsp3) is 0.0909. The summed E-state index contributed by atoms with van der Waals surface area (Å²) in [6, 6.07) is 13.1. The van der Waals surface area contributed by atoms with Gasteiger partial charge in [0.15, 0.2) is 0 Å². The molecule has 2 rings (SSSR count). The summed E-state index contributed by atoms with van der Waals surface area (Å²) in [5, 5.41) is 7.86. The first-order chi connectivity index (χ1) is 8.95. The largest absolute Gasteiger partial charge is 0.397 e. The first-order valence-electron chi connectivity index (χ1n) is 4.91. The summed E-state index contributed by atoms with van der Waals surface area (Å²) in [6.07, 6.45) is 3.28. The summed E-state index contributed by atoms with van der Waals surface area (Å²) in [5.41, 5.74) is 0. The van der Waals surface area contributed by atoms with E-state index < -0.39 is 10.4 Å². The molecule has 6 nitrogen and oxygen atoms in total. The van der Waals surface area contributed by atoms with Crippen LogP contribution >= 0.6 is 11.6 Å². The van der Waals surface area contributed by atoms with Crippen LogP contribution in [0.3, 0.4) is 0 Å². The Balaban J connectivity index is 0.000000257. The van der Waals surface area contributed by atoms with Crippen LogP contribution in [-0.4, -0.2) is 30.3 Å². The van der Waals surface area contributed by atoms with Gasteiger partial charge in [-0.3, -0.25) is 8.74 Å². The first kappa shape index (κ1) is 17.5. The summed E-state index contributed by atoms with van der Waals surface area (Å²) in [4.78, 5) is 0. The van der Waals surface area contributed by atoms with E-state index in [4.69, 9.17) is 16.2 Å². The first-order valence-corrected chi connectivity index (χ1v) is 6.65. The van der Waals surface area contributed by atoms with Crippen molar-refractivity contribution in [2.24, 2.45) is 0 Å². The van der Waals surface area contributed by atoms with Crippen LogP contribution in [-0.2, 0) is 14.6 Å². The van der Waals surface area contributed by atoms with Gasteiger partial charge in [0, 0.05) is 17.4 Å². The molecule has 1 aromatic carbocycles. The van der Waals surface area contributed by atoms with Crippen LogP contribution in [0.5, 0.6) is 0 Å². The zero-order valence-corrected chi connectivity index (χ0v) is 11.6. The summed E-state index contributed by atoms with van der Waals surface area (Å²) in [7, 11) is -3.29. The van der Waals surface area contributed by atoms with Gasteiger partial charge in [0.2, 0.25) is 0 Å². The molecule has 0 aliphatic carbocycles. The summed E-state index contributed by atoms with van der Waals surface area (Å²) in [5.74, 6) is 0. The number of aromatic nitrogens is 2. The molecule has 8 heteroatoms. The van der Waals surface area contributed by atoms with Crippen LogP contribution < -0.4 is 0 Å². The van der Waals surface area contributed by atoms with E-state index in [1.165, 1.54) is 0 Å². The Morgan fingerprint density at radius 3 is 1.63 bits per heavy atom. The van der Waals surface area contributed by atoms with Gasteiger partial charge in [-0.25, -0.2) is 0 Å². The van der Waals surface area contributed by atoms with Crippen LogP contribution in [0.4, 0.5) is 0 Å². The second-order valence-electron chi connectivity index (χ2n) is 2.80. The highest BCUT2D eigenvalue weighted by Gasteiger charge is 1.94. The molecule has 0 aliphatic heterocycles. The quantitative estimate of drug-likeness (QED) is 0.813. The number of hydrogen-bond donors (Lipinski definition) is 1. The van der Waals surface area contributed by atoms with Crippen molar-refractivity contribution >= 4 is 22.0 Å². The molecule has 2 aromatic rings. The Kier molecular flexibility index (Phi) is 9.55. The molecule has 0 atom stereocenters. The van der Waals surface area contributed by atoms with Gasteiger partial charge in [-0.05, 0) is 24.3 Å². The molecule has 19 heavy (non-hydrogen) atoms. The van der Waals surface area contributed by atoms with Gasteiger partial charge in [0.25, 0.3) is 0 Å². The molecule has 1 N–H and O–H groups in total. The van der Waals surface area contributed by atoms with Crippen molar-refractivity contribution in [3.8, 4) is 0 Å². The Hall–Kier alpha value is -1.54. The summed E-state index contributed by atoms with van der Waals surface area (Å²) < 4.78 is 29.7. The zero-order chi connectivity index (χ0) is 14.6. The molecule has 0 spiro atoms. The third-order valence-corrected chi connectivity index (χ3v) is 2.10. The van der Waals surface area contributed by atoms with Gasteiger partial charge in [0.05, 0.1) is 7.11 Å². The minimum atomic E-state index is -4.16. The summed E-state index contributed by atoms with van der Waals surface area (Å²) >= 11 is 5.54. The topological polar surface area (TPSA) is 89.4 Å². The van der Waals surface area contributed by atoms with Crippen molar-refractivity contribution in [1.82, 2.24) is 10.2 Å². The van der Waals surface area contributed by atoms with E-state index in [-0.39, 0.29) is 0 Å². The highest BCUT2D eigenvalue weighted by molar-refractivity contribution is 7.80. The van der Waals surface area contributed by atoms with E-state index >= 15 is 0 Å². The smallest absolute Gasteiger partial charge is 0.264 e. The minimum absolute atomic E-state index is 0.794. The third kappa shape index (κ3) is 14.4. The van der Waals surface area contributed by atoms with Crippen LogP contribution in [0.25, 0.3) is 0 Å². The number of benzene rings is 1. The van der Waals surface area contributed by atoms with Gasteiger partial charge in [0.1, 0.15) is 0 Å². The maximum absolute atomic E-state index is 9.33. The molecule has 0 bridgehead atoms. The van der Waals surface area contributed by atoms with Gasteiger partial charge in [-0.1, -0.05) is 29.8 Å². The van der Waals surface area contributed by atoms with Gasteiger partial charge in [-0.15, -0.1) is 0 Å². The Labute approximate surface area is 117 Å². The second kappa shape index (κ2) is 10.4. The van der Waals surface area contributed by atoms with Crippen LogP contribution in [0.1, 0.15) is 0 Å². The van der Waals surface area contributed by atoms with Gasteiger partial charge >= 0.3 is 10.4 Å². The lowest BCUT2D eigenvalue weighted by Gasteiger charge is -1.82. The van der Waals surface area contributed by atoms with E-state index in [9.17, 15) is 8.42 Å². The monoisotopic (exact) mass is 304 g/mol. The number of halogens is 1. The lowest BCUT2D eigenvalue weighted by Crippen LogP contribution is -1.96. The Bertz CT molecular complexity index is 496. The average Bonchev–Trinajstić information content (AvgIpc) is 2.42. The van der Waals surface area contributed by atoms with Crippen molar-refractivity contribution in [3.05, 3.63) is 59.9 Å². The SMILES string of the molecule is COS(=O)(=O)O.Clc1ccccc1.c1ccnnc1. The lowest BCUT2D eigenvalue weighted by atomic mass is 10.4. The molecule has 0 saturated heterocycles. The van der Waals surface area contributed by atoms with E-state index in [0.29, 0.717) is 0 Å². The van der Waals surface area contributed by atoms with Crippen LogP contribution in [0, 0.1) is 0 Å². The van der Waals surface area contributed by atoms with E-state index in [1.807, 2.05) is 42.5 Å². The van der Waals surface area contributed by atoms with Gasteiger partial charge in [-0.2, -0.15) is 18.6 Å². The zero-order valence-electron chi connectivity index (χ0n) is 10.0. The molecule has 0 amide bonds. The predicted octanol–water partition coefficient (Wildman–Crippen LogP) is 2.25. The van der Waals surface area contributed by atoms with Gasteiger partial charge < -0.3 is 0 Å². The molecular formula is C11H13ClN2O4S. The molecule has 0 radical (unpaired) electrons. The Morgan fingerprint density at radius 1 is 1.05 bits per heavy atom. The molecule has 0 saturated carbocycles. The van der Waals surface area contributed by atoms with Crippen LogP contribution in [0.15, 0.2) is 54.9 Å². The minimum Gasteiger partial charge on any atom is -0.264 e. The molecule has 0 fully saturated rings. The molecular weight excluding hydrogens is 292 g/mol. The maximum Gasteiger partial charge on any atom is 0.397 e. The fourth-order valence-electron chi connectivity index (χ4n) is 0.668. The van der Waals surface area contributed by atoms with Crippen molar-refractivity contribution in [1.29, 1.82) is 0 Å². The fourth-order valence-corrected chi connectivity index (χ4v) is 0.813. The number of hydrogen-bond acceptors (Lipinski definition) is 5. The number of nitrogens with zero attached hydrogens (tertiary/aromatic N) is 2. The second-order valence-corrected chi connectivity index (χ2v) is 4.43. The van der Waals surface area contributed by atoms with E-state index in [0.717, 1.165) is 12.1 Å². The molecule has 0 unspecified atom stereocenters. The molecule has 1 aromatic heterocycles. The predicted molar refractivity (Wildman–Crippen MR) is 72.0 cm³/mol. The molecule has 104 valence electrons. The van der Waals surface area contributed by atoms with Crippen molar-refractivity contribution in [2.75, 3.05) is 7.11 Å². The molecule has 1 heterocycles. The third-order valence-electron chi connectivity index (χ3n) is 1.43. The number of rotatable bonds is 1. The normalized spacial score (nSPS) is 9.42.